The van der Waals surface area contributed by atoms with Crippen molar-refractivity contribution in [3.05, 3.63) is 64.7 Å². The number of carbonyl (C=O) groups excluding carboxylic acids is 1. The first-order chi connectivity index (χ1) is 14.5. The molecule has 0 aromatic heterocycles. The van der Waals surface area contributed by atoms with Crippen LogP contribution in [0.4, 0.5) is 0 Å². The Labute approximate surface area is 180 Å². The van der Waals surface area contributed by atoms with Gasteiger partial charge < -0.3 is 19.5 Å². The third kappa shape index (κ3) is 4.31. The largest absolute Gasteiger partial charge is 0.497 e. The van der Waals surface area contributed by atoms with Gasteiger partial charge in [0.05, 0.1) is 31.3 Å². The van der Waals surface area contributed by atoms with E-state index in [9.17, 15) is 4.79 Å². The van der Waals surface area contributed by atoms with Crippen LogP contribution in [-0.4, -0.2) is 26.2 Å². The Morgan fingerprint density at radius 3 is 2.70 bits per heavy atom. The first kappa shape index (κ1) is 20.4. The van der Waals surface area contributed by atoms with Crippen molar-refractivity contribution >= 4 is 28.3 Å². The Kier molecular flexibility index (Phi) is 6.00. The molecule has 0 aliphatic carbocycles. The molecule has 1 heterocycles. The van der Waals surface area contributed by atoms with E-state index in [4.69, 9.17) is 25.8 Å². The lowest BCUT2D eigenvalue weighted by atomic mass is 9.97. The fourth-order valence-corrected chi connectivity index (χ4v) is 3.81. The van der Waals surface area contributed by atoms with Crippen molar-refractivity contribution in [2.24, 2.45) is 0 Å². The molecule has 4 rings (SSSR count). The van der Waals surface area contributed by atoms with Gasteiger partial charge in [-0.15, -0.1) is 0 Å². The van der Waals surface area contributed by atoms with Gasteiger partial charge in [0, 0.05) is 13.0 Å². The molecule has 6 heteroatoms. The fourth-order valence-electron chi connectivity index (χ4n) is 3.52. The van der Waals surface area contributed by atoms with Crippen LogP contribution in [0.5, 0.6) is 17.2 Å². The Bertz CT molecular complexity index is 1080. The highest BCUT2D eigenvalue weighted by Crippen LogP contribution is 2.38. The molecule has 1 aliphatic rings. The minimum absolute atomic E-state index is 0.0499. The van der Waals surface area contributed by atoms with Gasteiger partial charge in [0.15, 0.2) is 11.5 Å². The number of halogens is 1. The van der Waals surface area contributed by atoms with Crippen LogP contribution in [0, 0.1) is 0 Å². The topological polar surface area (TPSA) is 56.8 Å². The van der Waals surface area contributed by atoms with Crippen molar-refractivity contribution in [2.45, 2.75) is 25.8 Å². The van der Waals surface area contributed by atoms with Gasteiger partial charge in [-0.25, -0.2) is 0 Å². The zero-order valence-electron chi connectivity index (χ0n) is 17.0. The van der Waals surface area contributed by atoms with Crippen molar-refractivity contribution in [3.63, 3.8) is 0 Å². The summed E-state index contributed by atoms with van der Waals surface area (Å²) in [6.45, 7) is 3.44. The molecule has 1 N–H and O–H groups in total. The van der Waals surface area contributed by atoms with E-state index in [0.717, 1.165) is 34.1 Å². The highest BCUT2D eigenvalue weighted by Gasteiger charge is 2.18. The summed E-state index contributed by atoms with van der Waals surface area (Å²) in [6.07, 6.45) is 0.813. The number of carbonyl (C=O) groups is 1. The molecule has 156 valence electrons. The van der Waals surface area contributed by atoms with Gasteiger partial charge in [-0.1, -0.05) is 35.9 Å². The van der Waals surface area contributed by atoms with Gasteiger partial charge in [-0.05, 0) is 53.1 Å². The molecule has 0 spiro atoms. The third-order valence-electron chi connectivity index (χ3n) is 5.29. The molecular formula is C24H24ClNO4. The summed E-state index contributed by atoms with van der Waals surface area (Å²) in [5.41, 5.74) is 1.83. The Morgan fingerprint density at radius 1 is 1.10 bits per heavy atom. The second-order valence-electron chi connectivity index (χ2n) is 7.37. The van der Waals surface area contributed by atoms with Crippen LogP contribution < -0.4 is 19.5 Å². The molecule has 0 saturated heterocycles. The number of nitrogens with one attached hydrogen (secondary N) is 1. The minimum Gasteiger partial charge on any atom is -0.497 e. The van der Waals surface area contributed by atoms with E-state index in [2.05, 4.69) is 5.32 Å². The highest BCUT2D eigenvalue weighted by molar-refractivity contribution is 6.32. The normalized spacial score (nSPS) is 14.1. The van der Waals surface area contributed by atoms with Crippen LogP contribution in [-0.2, 0) is 11.3 Å². The van der Waals surface area contributed by atoms with Crippen molar-refractivity contribution in [3.8, 4) is 17.2 Å². The maximum absolute atomic E-state index is 12.8. The standard InChI is InChI=1S/C24H24ClNO4/c1-15(17-4-5-19-13-20(28-2)7-6-18(19)12-17)24(27)26-14-16-10-21(25)23-22(11-16)29-8-3-9-30-23/h4-7,10-13,15H,3,8-9,14H2,1-2H3,(H,26,27)/t15-/m0/s1. The van der Waals surface area contributed by atoms with Crippen molar-refractivity contribution < 1.29 is 19.0 Å². The molecule has 0 fully saturated rings. The first-order valence-electron chi connectivity index (χ1n) is 9.98. The molecule has 1 aliphatic heterocycles. The van der Waals surface area contributed by atoms with Crippen molar-refractivity contribution in [1.82, 2.24) is 5.32 Å². The minimum atomic E-state index is -0.285. The predicted octanol–water partition coefficient (Wildman–Crippen LogP) is 5.08. The van der Waals surface area contributed by atoms with E-state index in [-0.39, 0.29) is 11.8 Å². The fraction of sp³-hybridized carbons (Fsp3) is 0.292. The molecule has 1 amide bonds. The number of rotatable bonds is 5. The number of ether oxygens (including phenoxy) is 3. The lowest BCUT2D eigenvalue weighted by Gasteiger charge is -2.15. The predicted molar refractivity (Wildman–Crippen MR) is 118 cm³/mol. The molecule has 0 bridgehead atoms. The number of benzene rings is 3. The Hall–Kier alpha value is -2.92. The maximum atomic E-state index is 12.8. The number of hydrogen-bond donors (Lipinski definition) is 1. The molecule has 1 atom stereocenters. The van der Waals surface area contributed by atoms with E-state index < -0.39 is 0 Å². The maximum Gasteiger partial charge on any atom is 0.227 e. The van der Waals surface area contributed by atoms with Crippen LogP contribution >= 0.6 is 11.6 Å². The molecular weight excluding hydrogens is 402 g/mol. The summed E-state index contributed by atoms with van der Waals surface area (Å²) in [7, 11) is 1.65. The highest BCUT2D eigenvalue weighted by atomic mass is 35.5. The lowest BCUT2D eigenvalue weighted by Crippen LogP contribution is -2.27. The first-order valence-corrected chi connectivity index (χ1v) is 10.4. The lowest BCUT2D eigenvalue weighted by molar-refractivity contribution is -0.122. The van der Waals surface area contributed by atoms with Gasteiger partial charge >= 0.3 is 0 Å². The van der Waals surface area contributed by atoms with Gasteiger partial charge in [0.1, 0.15) is 5.75 Å². The molecule has 3 aromatic rings. The average molecular weight is 426 g/mol. The molecule has 30 heavy (non-hydrogen) atoms. The summed E-state index contributed by atoms with van der Waals surface area (Å²) >= 11 is 6.34. The van der Waals surface area contributed by atoms with Crippen LogP contribution in [0.3, 0.4) is 0 Å². The monoisotopic (exact) mass is 425 g/mol. The number of fused-ring (bicyclic) bond motifs is 2. The number of methoxy groups -OCH3 is 1. The van der Waals surface area contributed by atoms with Crippen LogP contribution in [0.15, 0.2) is 48.5 Å². The molecule has 3 aromatic carbocycles. The van der Waals surface area contributed by atoms with E-state index >= 15 is 0 Å². The quantitative estimate of drug-likeness (QED) is 0.619. The van der Waals surface area contributed by atoms with E-state index in [1.54, 1.807) is 7.11 Å². The second-order valence-corrected chi connectivity index (χ2v) is 7.77. The van der Waals surface area contributed by atoms with Gasteiger partial charge in [0.25, 0.3) is 0 Å². The smallest absolute Gasteiger partial charge is 0.227 e. The summed E-state index contributed by atoms with van der Waals surface area (Å²) in [4.78, 5) is 12.8. The summed E-state index contributed by atoms with van der Waals surface area (Å²) in [5, 5.41) is 5.64. The molecule has 0 saturated carbocycles. The van der Waals surface area contributed by atoms with Crippen LogP contribution in [0.2, 0.25) is 5.02 Å². The summed E-state index contributed by atoms with van der Waals surface area (Å²) in [6, 6.07) is 15.6. The summed E-state index contributed by atoms with van der Waals surface area (Å²) in [5.74, 6) is 1.68. The number of amides is 1. The molecule has 5 nitrogen and oxygen atoms in total. The summed E-state index contributed by atoms with van der Waals surface area (Å²) < 4.78 is 16.6. The zero-order chi connectivity index (χ0) is 21.1. The molecule has 0 radical (unpaired) electrons. The van der Waals surface area contributed by atoms with Gasteiger partial charge in [-0.2, -0.15) is 0 Å². The second kappa shape index (κ2) is 8.84. The van der Waals surface area contributed by atoms with Crippen LogP contribution in [0.1, 0.15) is 30.4 Å². The van der Waals surface area contributed by atoms with Gasteiger partial charge in [0.2, 0.25) is 5.91 Å². The Balaban J connectivity index is 1.45. The number of hydrogen-bond acceptors (Lipinski definition) is 4. The zero-order valence-corrected chi connectivity index (χ0v) is 17.8. The van der Waals surface area contributed by atoms with Crippen molar-refractivity contribution in [1.29, 1.82) is 0 Å². The van der Waals surface area contributed by atoms with Crippen LogP contribution in [0.25, 0.3) is 10.8 Å². The van der Waals surface area contributed by atoms with E-state index in [0.29, 0.717) is 36.3 Å². The Morgan fingerprint density at radius 2 is 1.87 bits per heavy atom. The average Bonchev–Trinajstić information content (AvgIpc) is 3.02. The van der Waals surface area contributed by atoms with Crippen molar-refractivity contribution in [2.75, 3.05) is 20.3 Å². The van der Waals surface area contributed by atoms with Gasteiger partial charge in [-0.3, -0.25) is 4.79 Å². The SMILES string of the molecule is COc1ccc2cc([C@H](C)C(=O)NCc3cc(Cl)c4c(c3)OCCCO4)ccc2c1. The van der Waals surface area contributed by atoms with E-state index in [1.165, 1.54) is 0 Å². The molecule has 0 unspecified atom stereocenters. The third-order valence-corrected chi connectivity index (χ3v) is 5.57. The van der Waals surface area contributed by atoms with E-state index in [1.807, 2.05) is 55.5 Å².